The zero-order valence-electron chi connectivity index (χ0n) is 17.0. The molecule has 3 rings (SSSR count). The molecule has 0 aliphatic heterocycles. The molecule has 152 valence electrons. The summed E-state index contributed by atoms with van der Waals surface area (Å²) in [6, 6.07) is 16.5. The van der Waals surface area contributed by atoms with Crippen molar-refractivity contribution in [3.05, 3.63) is 60.3 Å². The number of fused-ring (bicyclic) bond motifs is 1. The Morgan fingerprint density at radius 3 is 2.34 bits per heavy atom. The maximum Gasteiger partial charge on any atom is 0.272 e. The molecule has 3 aromatic rings. The Bertz CT molecular complexity index is 1020. The Balaban J connectivity index is 1.89. The van der Waals surface area contributed by atoms with Gasteiger partial charge in [-0.05, 0) is 41.8 Å². The molecule has 0 spiro atoms. The first kappa shape index (κ1) is 20.6. The fourth-order valence-corrected chi connectivity index (χ4v) is 3.28. The number of anilines is 2. The highest BCUT2D eigenvalue weighted by Crippen LogP contribution is 2.26. The molecule has 0 bridgehead atoms. The van der Waals surface area contributed by atoms with Crippen molar-refractivity contribution in [2.24, 2.45) is 5.41 Å². The molecule has 0 aliphatic carbocycles. The maximum absolute atomic E-state index is 12.8. The first-order valence-electron chi connectivity index (χ1n) is 9.67. The number of aliphatic hydroxyl groups excluding tert-OH is 1. The lowest BCUT2D eigenvalue weighted by Crippen LogP contribution is -2.19. The number of amides is 2. The summed E-state index contributed by atoms with van der Waals surface area (Å²) < 4.78 is 1.79. The zero-order chi connectivity index (χ0) is 21.0. The summed E-state index contributed by atoms with van der Waals surface area (Å²) in [5.74, 6) is -0.298. The summed E-state index contributed by atoms with van der Waals surface area (Å²) in [5, 5.41) is 16.1. The monoisotopic (exact) mass is 393 g/mol. The fourth-order valence-electron chi connectivity index (χ4n) is 3.28. The van der Waals surface area contributed by atoms with Crippen LogP contribution in [-0.2, 0) is 11.3 Å². The van der Waals surface area contributed by atoms with Crippen LogP contribution in [0.25, 0.3) is 10.9 Å². The van der Waals surface area contributed by atoms with Crippen molar-refractivity contribution in [3.8, 4) is 0 Å². The maximum atomic E-state index is 12.8. The zero-order valence-corrected chi connectivity index (χ0v) is 17.0. The van der Waals surface area contributed by atoms with Crippen molar-refractivity contribution in [1.29, 1.82) is 0 Å². The molecule has 6 heteroatoms. The number of aliphatic hydroxyl groups is 1. The van der Waals surface area contributed by atoms with Gasteiger partial charge in [-0.15, -0.1) is 0 Å². The molecule has 1 heterocycles. The Morgan fingerprint density at radius 2 is 1.69 bits per heavy atom. The smallest absolute Gasteiger partial charge is 0.272 e. The fraction of sp³-hybridized carbons (Fsp3) is 0.304. The molecular formula is C23H27N3O3. The van der Waals surface area contributed by atoms with Crippen LogP contribution < -0.4 is 10.6 Å². The second-order valence-electron chi connectivity index (χ2n) is 8.28. The van der Waals surface area contributed by atoms with E-state index in [9.17, 15) is 14.7 Å². The number of nitrogens with zero attached hydrogens (tertiary/aromatic N) is 1. The normalized spacial score (nSPS) is 11.4. The number of carbonyl (C=O) groups is 2. The van der Waals surface area contributed by atoms with Crippen molar-refractivity contribution >= 4 is 34.1 Å². The van der Waals surface area contributed by atoms with Crippen LogP contribution in [-0.4, -0.2) is 28.1 Å². The third-order valence-corrected chi connectivity index (χ3v) is 4.46. The highest BCUT2D eigenvalue weighted by Gasteiger charge is 2.18. The van der Waals surface area contributed by atoms with Gasteiger partial charge in [0.05, 0.1) is 6.61 Å². The van der Waals surface area contributed by atoms with E-state index in [2.05, 4.69) is 10.6 Å². The summed E-state index contributed by atoms with van der Waals surface area (Å²) in [6.45, 7) is 6.27. The summed E-state index contributed by atoms with van der Waals surface area (Å²) in [7, 11) is 0. The molecular weight excluding hydrogens is 366 g/mol. The van der Waals surface area contributed by atoms with Gasteiger partial charge in [-0.1, -0.05) is 39.0 Å². The minimum atomic E-state index is -0.251. The lowest BCUT2D eigenvalue weighted by Gasteiger charge is -2.17. The van der Waals surface area contributed by atoms with E-state index >= 15 is 0 Å². The van der Waals surface area contributed by atoms with E-state index in [0.717, 1.165) is 10.9 Å². The average Bonchev–Trinajstić information content (AvgIpc) is 2.99. The summed E-state index contributed by atoms with van der Waals surface area (Å²) in [5.41, 5.74) is 2.57. The number of carbonyl (C=O) groups excluding carboxylic acids is 2. The highest BCUT2D eigenvalue weighted by atomic mass is 16.3. The quantitative estimate of drug-likeness (QED) is 0.585. The van der Waals surface area contributed by atoms with Crippen molar-refractivity contribution in [1.82, 2.24) is 4.57 Å². The number of benzene rings is 2. The number of aromatic nitrogens is 1. The van der Waals surface area contributed by atoms with Gasteiger partial charge in [0.15, 0.2) is 0 Å². The van der Waals surface area contributed by atoms with E-state index in [4.69, 9.17) is 0 Å². The third-order valence-electron chi connectivity index (χ3n) is 4.46. The van der Waals surface area contributed by atoms with E-state index in [1.807, 2.05) is 69.3 Å². The lowest BCUT2D eigenvalue weighted by atomic mass is 9.92. The van der Waals surface area contributed by atoms with Gasteiger partial charge in [-0.2, -0.15) is 0 Å². The Labute approximate surface area is 170 Å². The van der Waals surface area contributed by atoms with Gasteiger partial charge in [0.2, 0.25) is 5.91 Å². The Morgan fingerprint density at radius 1 is 0.966 bits per heavy atom. The average molecular weight is 393 g/mol. The summed E-state index contributed by atoms with van der Waals surface area (Å²) in [6.07, 6.45) is 0.418. The van der Waals surface area contributed by atoms with Crippen LogP contribution in [0.1, 0.15) is 37.7 Å². The van der Waals surface area contributed by atoms with E-state index < -0.39 is 0 Å². The number of nitrogens with one attached hydrogen (secondary N) is 2. The van der Waals surface area contributed by atoms with E-state index in [1.165, 1.54) is 0 Å². The molecule has 2 amide bonds. The molecule has 0 aliphatic rings. The SMILES string of the molecule is CC(C)(C)CC(=O)Nc1ccc2c(c1)cc(C(=O)Nc1ccccc1)n2CCO. The van der Waals surface area contributed by atoms with E-state index in [-0.39, 0.29) is 23.8 Å². The largest absolute Gasteiger partial charge is 0.395 e. The van der Waals surface area contributed by atoms with Gasteiger partial charge < -0.3 is 20.3 Å². The van der Waals surface area contributed by atoms with Crippen molar-refractivity contribution in [3.63, 3.8) is 0 Å². The Kier molecular flexibility index (Phi) is 6.03. The van der Waals surface area contributed by atoms with Crippen LogP contribution in [0.2, 0.25) is 0 Å². The van der Waals surface area contributed by atoms with Crippen LogP contribution in [0.3, 0.4) is 0 Å². The van der Waals surface area contributed by atoms with Crippen LogP contribution in [0, 0.1) is 5.41 Å². The number of rotatable bonds is 6. The predicted molar refractivity (Wildman–Crippen MR) is 116 cm³/mol. The molecule has 0 fully saturated rings. The summed E-state index contributed by atoms with van der Waals surface area (Å²) >= 11 is 0. The molecule has 0 radical (unpaired) electrons. The van der Waals surface area contributed by atoms with Crippen molar-refractivity contribution in [2.75, 3.05) is 17.2 Å². The molecule has 3 N–H and O–H groups in total. The van der Waals surface area contributed by atoms with Crippen molar-refractivity contribution < 1.29 is 14.7 Å². The minimum Gasteiger partial charge on any atom is -0.395 e. The van der Waals surface area contributed by atoms with Gasteiger partial charge in [-0.3, -0.25) is 9.59 Å². The predicted octanol–water partition coefficient (Wildman–Crippen LogP) is 4.26. The van der Waals surface area contributed by atoms with Gasteiger partial charge in [-0.25, -0.2) is 0 Å². The highest BCUT2D eigenvalue weighted by molar-refractivity contribution is 6.07. The van der Waals surface area contributed by atoms with Crippen LogP contribution in [0.4, 0.5) is 11.4 Å². The molecule has 0 unspecified atom stereocenters. The van der Waals surface area contributed by atoms with E-state index in [0.29, 0.717) is 30.0 Å². The van der Waals surface area contributed by atoms with Gasteiger partial charge >= 0.3 is 0 Å². The molecule has 6 nitrogen and oxygen atoms in total. The minimum absolute atomic E-state index is 0.0475. The Hall–Kier alpha value is -3.12. The lowest BCUT2D eigenvalue weighted by molar-refractivity contribution is -0.117. The molecule has 29 heavy (non-hydrogen) atoms. The van der Waals surface area contributed by atoms with Crippen LogP contribution in [0.15, 0.2) is 54.6 Å². The molecule has 2 aromatic carbocycles. The van der Waals surface area contributed by atoms with E-state index in [1.54, 1.807) is 10.6 Å². The standard InChI is InChI=1S/C23H27N3O3/c1-23(2,3)15-21(28)24-18-9-10-19-16(13-18)14-20(26(19)11-12-27)22(29)25-17-7-5-4-6-8-17/h4-10,13-14,27H,11-12,15H2,1-3H3,(H,24,28)(H,25,29). The molecule has 0 saturated carbocycles. The van der Waals surface area contributed by atoms with Crippen molar-refractivity contribution in [2.45, 2.75) is 33.7 Å². The van der Waals surface area contributed by atoms with Gasteiger partial charge in [0.25, 0.3) is 5.91 Å². The molecule has 0 saturated heterocycles. The van der Waals surface area contributed by atoms with Crippen LogP contribution >= 0.6 is 0 Å². The first-order valence-corrected chi connectivity index (χ1v) is 9.67. The molecule has 1 aromatic heterocycles. The first-order chi connectivity index (χ1) is 13.8. The molecule has 0 atom stereocenters. The third kappa shape index (κ3) is 5.23. The summed E-state index contributed by atoms with van der Waals surface area (Å²) in [4.78, 5) is 25.1. The number of para-hydroxylation sites is 1. The topological polar surface area (TPSA) is 83.4 Å². The van der Waals surface area contributed by atoms with Crippen LogP contribution in [0.5, 0.6) is 0 Å². The van der Waals surface area contributed by atoms with Gasteiger partial charge in [0.1, 0.15) is 5.69 Å². The van der Waals surface area contributed by atoms with Gasteiger partial charge in [0, 0.05) is 35.2 Å². The number of hydrogen-bond donors (Lipinski definition) is 3. The second-order valence-corrected chi connectivity index (χ2v) is 8.28. The number of hydrogen-bond acceptors (Lipinski definition) is 3. The second kappa shape index (κ2) is 8.49.